The first-order valence-electron chi connectivity index (χ1n) is 5.38. The van der Waals surface area contributed by atoms with E-state index in [4.69, 9.17) is 0 Å². The van der Waals surface area contributed by atoms with Gasteiger partial charge in [0.1, 0.15) is 5.82 Å². The molecular weight excluding hydrogens is 202 g/mol. The van der Waals surface area contributed by atoms with Gasteiger partial charge in [0.05, 0.1) is 12.4 Å². The second kappa shape index (κ2) is 3.64. The fraction of sp³-hybridized carbons (Fsp3) is 0.250. The lowest BCUT2D eigenvalue weighted by atomic mass is 10.1. The molecule has 1 heterocycles. The molecule has 0 bridgehead atoms. The zero-order chi connectivity index (χ0) is 11.0. The highest BCUT2D eigenvalue weighted by molar-refractivity contribution is 5.37. The van der Waals surface area contributed by atoms with Crippen LogP contribution in [-0.4, -0.2) is 9.55 Å². The minimum absolute atomic E-state index is 0.325. The summed E-state index contributed by atoms with van der Waals surface area (Å²) in [6.07, 6.45) is 5.65. The van der Waals surface area contributed by atoms with Gasteiger partial charge in [0.25, 0.3) is 0 Å². The molecule has 16 heavy (non-hydrogen) atoms. The van der Waals surface area contributed by atoms with E-state index in [2.05, 4.69) is 29.2 Å². The summed E-state index contributed by atoms with van der Waals surface area (Å²) in [5, 5.41) is 10.5. The average molecular weight is 214 g/mol. The van der Waals surface area contributed by atoms with Crippen molar-refractivity contribution >= 4 is 5.82 Å². The molecular formula is C12H12N3O-. The molecule has 0 saturated carbocycles. The van der Waals surface area contributed by atoms with Gasteiger partial charge in [0, 0.05) is 6.20 Å². The van der Waals surface area contributed by atoms with Gasteiger partial charge in [-0.25, -0.2) is 4.98 Å². The Morgan fingerprint density at radius 3 is 3.06 bits per heavy atom. The number of aromatic nitrogens is 2. The molecule has 4 heteroatoms. The Morgan fingerprint density at radius 1 is 1.38 bits per heavy atom. The second-order valence-corrected chi connectivity index (χ2v) is 4.06. The van der Waals surface area contributed by atoms with E-state index in [0.717, 1.165) is 12.8 Å². The highest BCUT2D eigenvalue weighted by Crippen LogP contribution is 2.34. The van der Waals surface area contributed by atoms with Crippen LogP contribution in [0.2, 0.25) is 0 Å². The predicted molar refractivity (Wildman–Crippen MR) is 62.1 cm³/mol. The minimum Gasteiger partial charge on any atom is -0.760 e. The summed E-state index contributed by atoms with van der Waals surface area (Å²) >= 11 is 0. The molecule has 2 aromatic rings. The first kappa shape index (κ1) is 9.42. The minimum atomic E-state index is 0.325. The van der Waals surface area contributed by atoms with Gasteiger partial charge < -0.3 is 15.3 Å². The first-order chi connectivity index (χ1) is 7.88. The zero-order valence-corrected chi connectivity index (χ0v) is 8.76. The van der Waals surface area contributed by atoms with Crippen molar-refractivity contribution in [2.75, 3.05) is 5.48 Å². The van der Waals surface area contributed by atoms with Crippen LogP contribution in [0.5, 0.6) is 0 Å². The summed E-state index contributed by atoms with van der Waals surface area (Å²) in [5.41, 5.74) is 4.56. The van der Waals surface area contributed by atoms with Crippen molar-refractivity contribution in [3.63, 3.8) is 0 Å². The number of aryl methyl sites for hydroxylation is 1. The Morgan fingerprint density at radius 2 is 2.25 bits per heavy atom. The third-order valence-corrected chi connectivity index (χ3v) is 3.17. The molecule has 0 aliphatic heterocycles. The fourth-order valence-corrected chi connectivity index (χ4v) is 2.40. The van der Waals surface area contributed by atoms with Crippen molar-refractivity contribution in [1.29, 1.82) is 0 Å². The Kier molecular flexibility index (Phi) is 2.15. The predicted octanol–water partition coefficient (Wildman–Crippen LogP) is 2.33. The summed E-state index contributed by atoms with van der Waals surface area (Å²) in [6, 6.07) is 8.77. The van der Waals surface area contributed by atoms with Crippen molar-refractivity contribution < 1.29 is 0 Å². The van der Waals surface area contributed by atoms with E-state index < -0.39 is 0 Å². The van der Waals surface area contributed by atoms with Crippen molar-refractivity contribution in [2.24, 2.45) is 0 Å². The number of benzene rings is 1. The average Bonchev–Trinajstić information content (AvgIpc) is 2.94. The lowest BCUT2D eigenvalue weighted by Gasteiger charge is -2.13. The van der Waals surface area contributed by atoms with E-state index in [1.165, 1.54) is 11.1 Å². The van der Waals surface area contributed by atoms with Crippen molar-refractivity contribution in [3.05, 3.63) is 53.1 Å². The summed E-state index contributed by atoms with van der Waals surface area (Å²) < 4.78 is 2.01. The van der Waals surface area contributed by atoms with Crippen LogP contribution in [0.1, 0.15) is 23.6 Å². The van der Waals surface area contributed by atoms with Crippen LogP contribution in [0.4, 0.5) is 5.82 Å². The number of imidazole rings is 1. The second-order valence-electron chi connectivity index (χ2n) is 4.06. The fourth-order valence-electron chi connectivity index (χ4n) is 2.40. The molecule has 82 valence electrons. The number of nitrogens with one attached hydrogen (secondary N) is 1. The molecule has 1 aromatic heterocycles. The van der Waals surface area contributed by atoms with Crippen LogP contribution in [0.15, 0.2) is 36.8 Å². The highest BCUT2D eigenvalue weighted by Gasteiger charge is 2.22. The standard InChI is InChI=1S/C12H12N3O/c16-14-12-7-15(8-13-12)11-6-5-9-3-1-2-4-10(9)11/h1-4,7-8,11,14H,5-6H2/q-1. The number of nitrogens with zero attached hydrogens (tertiary/aromatic N) is 2. The molecule has 3 rings (SSSR count). The highest BCUT2D eigenvalue weighted by atomic mass is 16.5. The first-order valence-corrected chi connectivity index (χ1v) is 5.38. The summed E-state index contributed by atoms with van der Waals surface area (Å²) in [7, 11) is 0. The number of rotatable bonds is 2. The summed E-state index contributed by atoms with van der Waals surface area (Å²) in [6.45, 7) is 0. The van der Waals surface area contributed by atoms with Gasteiger partial charge in [0.15, 0.2) is 0 Å². The van der Waals surface area contributed by atoms with Gasteiger partial charge in [-0.3, -0.25) is 0 Å². The lowest BCUT2D eigenvalue weighted by molar-refractivity contribution is 0.579. The molecule has 1 aliphatic carbocycles. The van der Waals surface area contributed by atoms with Crippen LogP contribution < -0.4 is 5.48 Å². The Labute approximate surface area is 93.5 Å². The lowest BCUT2D eigenvalue weighted by Crippen LogP contribution is -2.04. The number of hydrogen-bond acceptors (Lipinski definition) is 3. The maximum Gasteiger partial charge on any atom is 0.133 e. The molecule has 1 aliphatic rings. The molecule has 1 aromatic carbocycles. The molecule has 1 unspecified atom stereocenters. The van der Waals surface area contributed by atoms with E-state index in [1.54, 1.807) is 12.5 Å². The Hall–Kier alpha value is -1.81. The van der Waals surface area contributed by atoms with Crippen molar-refractivity contribution in [1.82, 2.24) is 9.55 Å². The van der Waals surface area contributed by atoms with Gasteiger partial charge in [-0.15, -0.1) is 0 Å². The molecule has 0 amide bonds. The Balaban J connectivity index is 1.98. The Bertz CT molecular complexity index is 506. The van der Waals surface area contributed by atoms with E-state index in [1.807, 2.05) is 10.0 Å². The normalized spacial score (nSPS) is 18.4. The molecule has 0 radical (unpaired) electrons. The largest absolute Gasteiger partial charge is 0.760 e. The van der Waals surface area contributed by atoms with E-state index in [-0.39, 0.29) is 0 Å². The van der Waals surface area contributed by atoms with Gasteiger partial charge >= 0.3 is 0 Å². The molecule has 1 atom stereocenters. The summed E-state index contributed by atoms with van der Waals surface area (Å²) in [5.74, 6) is 0.379. The SMILES string of the molecule is [O-]Nc1cn(C2CCc3ccccc32)cn1. The molecule has 0 fully saturated rings. The quantitative estimate of drug-likeness (QED) is 0.780. The van der Waals surface area contributed by atoms with Crippen LogP contribution in [0.25, 0.3) is 0 Å². The van der Waals surface area contributed by atoms with E-state index in [0.29, 0.717) is 11.9 Å². The maximum absolute atomic E-state index is 10.5. The zero-order valence-electron chi connectivity index (χ0n) is 8.76. The van der Waals surface area contributed by atoms with Crippen LogP contribution >= 0.6 is 0 Å². The van der Waals surface area contributed by atoms with Crippen LogP contribution in [0.3, 0.4) is 0 Å². The number of hydrogen-bond donors (Lipinski definition) is 1. The topological polar surface area (TPSA) is 52.9 Å². The smallest absolute Gasteiger partial charge is 0.133 e. The number of anilines is 1. The molecule has 1 N–H and O–H groups in total. The van der Waals surface area contributed by atoms with Gasteiger partial charge in [-0.2, -0.15) is 0 Å². The van der Waals surface area contributed by atoms with Gasteiger partial charge in [-0.1, -0.05) is 24.3 Å². The van der Waals surface area contributed by atoms with E-state index in [9.17, 15) is 5.21 Å². The summed E-state index contributed by atoms with van der Waals surface area (Å²) in [4.78, 5) is 3.99. The maximum atomic E-state index is 10.5. The van der Waals surface area contributed by atoms with Crippen LogP contribution in [0, 0.1) is 5.21 Å². The molecule has 4 nitrogen and oxygen atoms in total. The number of fused-ring (bicyclic) bond motifs is 1. The molecule has 0 spiro atoms. The van der Waals surface area contributed by atoms with Gasteiger partial charge in [0.2, 0.25) is 0 Å². The third-order valence-electron chi connectivity index (χ3n) is 3.17. The van der Waals surface area contributed by atoms with E-state index >= 15 is 0 Å². The monoisotopic (exact) mass is 214 g/mol. The third kappa shape index (κ3) is 1.39. The van der Waals surface area contributed by atoms with Gasteiger partial charge in [-0.05, 0) is 24.0 Å². The molecule has 0 saturated heterocycles. The van der Waals surface area contributed by atoms with Crippen molar-refractivity contribution in [3.8, 4) is 0 Å². The van der Waals surface area contributed by atoms with Crippen molar-refractivity contribution in [2.45, 2.75) is 18.9 Å². The van der Waals surface area contributed by atoms with Crippen LogP contribution in [-0.2, 0) is 6.42 Å².